The number of carbonyl (C=O) groups is 1. The summed E-state index contributed by atoms with van der Waals surface area (Å²) >= 11 is 0. The molecule has 2 aromatic rings. The Labute approximate surface area is 204 Å². The Bertz CT molecular complexity index is 914. The van der Waals surface area contributed by atoms with Crippen LogP contribution in [0.25, 0.3) is 0 Å². The summed E-state index contributed by atoms with van der Waals surface area (Å²) in [5.74, 6) is -0.431. The molecule has 6 heteroatoms. The molecule has 4 rings (SSSR count). The van der Waals surface area contributed by atoms with E-state index in [0.717, 1.165) is 12.8 Å². The van der Waals surface area contributed by atoms with Gasteiger partial charge in [-0.15, -0.1) is 0 Å². The van der Waals surface area contributed by atoms with Crippen LogP contribution in [0.3, 0.4) is 0 Å². The van der Waals surface area contributed by atoms with E-state index in [1.54, 1.807) is 0 Å². The van der Waals surface area contributed by atoms with Crippen LogP contribution in [0.15, 0.2) is 60.7 Å². The number of hydrogen-bond donors (Lipinski definition) is 0. The first-order valence-electron chi connectivity index (χ1n) is 12.4. The first-order chi connectivity index (χ1) is 16.1. The summed E-state index contributed by atoms with van der Waals surface area (Å²) in [4.78, 5) is 12.9. The van der Waals surface area contributed by atoms with Crippen LogP contribution in [-0.2, 0) is 23.4 Å². The van der Waals surface area contributed by atoms with Gasteiger partial charge in [0.2, 0.25) is 0 Å². The summed E-state index contributed by atoms with van der Waals surface area (Å²) in [6, 6.07) is 21.0. The summed E-state index contributed by atoms with van der Waals surface area (Å²) in [5, 5.41) is 2.26. The van der Waals surface area contributed by atoms with Gasteiger partial charge in [0.25, 0.3) is 8.32 Å². The summed E-state index contributed by atoms with van der Waals surface area (Å²) in [6.07, 6.45) is 1.35. The quantitative estimate of drug-likeness (QED) is 0.553. The molecule has 2 saturated heterocycles. The molecule has 0 aliphatic carbocycles. The van der Waals surface area contributed by atoms with Crippen LogP contribution in [0, 0.1) is 0 Å². The van der Waals surface area contributed by atoms with E-state index >= 15 is 0 Å². The summed E-state index contributed by atoms with van der Waals surface area (Å²) < 4.78 is 25.0. The van der Waals surface area contributed by atoms with Gasteiger partial charge in [0.05, 0.1) is 25.4 Å². The lowest BCUT2D eigenvalue weighted by Gasteiger charge is -2.44. The molecule has 2 aromatic carbocycles. The first kappa shape index (κ1) is 25.3. The van der Waals surface area contributed by atoms with E-state index in [9.17, 15) is 4.79 Å². The molecule has 2 fully saturated rings. The van der Waals surface area contributed by atoms with Gasteiger partial charge >= 0.3 is 0 Å². The Morgan fingerprint density at radius 3 is 2.06 bits per heavy atom. The Kier molecular flexibility index (Phi) is 7.46. The molecule has 2 aliphatic rings. The maximum atomic E-state index is 12.9. The number of carbonyl (C=O) groups excluding carboxylic acids is 1. The predicted octanol–water partition coefficient (Wildman–Crippen LogP) is 4.22. The number of rotatable bonds is 7. The summed E-state index contributed by atoms with van der Waals surface area (Å²) in [6.45, 7) is 11.4. The standard InChI is InChI=1S/C28H38O5Si/c1-27(2,3)34(23-12-8-6-9-13-23,24-14-10-7-11-15-24)31-20-26-25(29)17-16-21(32-26)18-22-19-30-28(4,5)33-22/h6-15,21-22,26H,16-20H2,1-5H3/t21-,22?,26+/m0/s1. The minimum absolute atomic E-state index is 0.00792. The molecule has 1 unspecified atom stereocenters. The van der Waals surface area contributed by atoms with Crippen molar-refractivity contribution >= 4 is 24.5 Å². The minimum Gasteiger partial charge on any atom is -0.404 e. The van der Waals surface area contributed by atoms with E-state index < -0.39 is 20.2 Å². The molecule has 2 heterocycles. The van der Waals surface area contributed by atoms with Crippen LogP contribution in [0.4, 0.5) is 0 Å². The molecule has 3 atom stereocenters. The van der Waals surface area contributed by atoms with Crippen LogP contribution < -0.4 is 10.4 Å². The van der Waals surface area contributed by atoms with Gasteiger partial charge in [-0.2, -0.15) is 0 Å². The van der Waals surface area contributed by atoms with Crippen molar-refractivity contribution in [1.29, 1.82) is 0 Å². The van der Waals surface area contributed by atoms with E-state index in [1.165, 1.54) is 10.4 Å². The second-order valence-corrected chi connectivity index (χ2v) is 15.2. The molecule has 0 bridgehead atoms. The van der Waals surface area contributed by atoms with Crippen LogP contribution in [0.1, 0.15) is 53.9 Å². The molecule has 34 heavy (non-hydrogen) atoms. The minimum atomic E-state index is -2.72. The smallest absolute Gasteiger partial charge is 0.261 e. The summed E-state index contributed by atoms with van der Waals surface area (Å²) in [5.41, 5.74) is 0. The Balaban J connectivity index is 1.55. The lowest BCUT2D eigenvalue weighted by Crippen LogP contribution is -2.67. The molecule has 2 aliphatic heterocycles. The maximum Gasteiger partial charge on any atom is 0.261 e. The zero-order chi connectivity index (χ0) is 24.4. The van der Waals surface area contributed by atoms with E-state index in [1.807, 2.05) is 26.0 Å². The van der Waals surface area contributed by atoms with Crippen molar-refractivity contribution in [2.45, 2.75) is 83.0 Å². The van der Waals surface area contributed by atoms with E-state index in [2.05, 4.69) is 69.3 Å². The fourth-order valence-corrected chi connectivity index (χ4v) is 9.84. The molecular formula is C28H38O5Si. The number of benzene rings is 2. The van der Waals surface area contributed by atoms with Gasteiger partial charge in [-0.05, 0) is 35.7 Å². The third-order valence-electron chi connectivity index (χ3n) is 6.89. The van der Waals surface area contributed by atoms with Crippen molar-refractivity contribution in [2.75, 3.05) is 13.2 Å². The SMILES string of the molecule is CC1(C)OCC(C[C@@H]2CCC(=O)[C@@H](CO[Si](c3ccccc3)(c3ccccc3)C(C)(C)C)O2)O1. The number of hydrogen-bond acceptors (Lipinski definition) is 5. The van der Waals surface area contributed by atoms with Crippen molar-refractivity contribution in [2.24, 2.45) is 0 Å². The molecule has 0 radical (unpaired) electrons. The molecule has 0 spiro atoms. The fraction of sp³-hybridized carbons (Fsp3) is 0.536. The number of Topliss-reactive ketones (excluding diaryl/α,β-unsaturated/α-hetero) is 1. The highest BCUT2D eigenvalue weighted by atomic mass is 28.4. The van der Waals surface area contributed by atoms with E-state index in [4.69, 9.17) is 18.6 Å². The number of ether oxygens (including phenoxy) is 3. The van der Waals surface area contributed by atoms with Crippen molar-refractivity contribution in [3.63, 3.8) is 0 Å². The molecule has 0 amide bonds. The molecule has 0 N–H and O–H groups in total. The summed E-state index contributed by atoms with van der Waals surface area (Å²) in [7, 11) is -2.72. The van der Waals surface area contributed by atoms with Crippen molar-refractivity contribution < 1.29 is 23.4 Å². The Morgan fingerprint density at radius 1 is 0.971 bits per heavy atom. The molecule has 0 saturated carbocycles. The van der Waals surface area contributed by atoms with Crippen LogP contribution in [0.5, 0.6) is 0 Å². The second-order valence-electron chi connectivity index (χ2n) is 10.9. The van der Waals surface area contributed by atoms with Crippen LogP contribution >= 0.6 is 0 Å². The largest absolute Gasteiger partial charge is 0.404 e. The van der Waals surface area contributed by atoms with Gasteiger partial charge in [-0.3, -0.25) is 4.79 Å². The topological polar surface area (TPSA) is 54.0 Å². The van der Waals surface area contributed by atoms with Crippen LogP contribution in [0.2, 0.25) is 5.04 Å². The van der Waals surface area contributed by atoms with E-state index in [0.29, 0.717) is 13.0 Å². The molecule has 0 aromatic heterocycles. The van der Waals surface area contributed by atoms with Gasteiger partial charge in [0.1, 0.15) is 6.10 Å². The van der Waals surface area contributed by atoms with Crippen molar-refractivity contribution in [3.05, 3.63) is 60.7 Å². The zero-order valence-electron chi connectivity index (χ0n) is 21.1. The van der Waals surface area contributed by atoms with E-state index in [-0.39, 0.29) is 29.6 Å². The van der Waals surface area contributed by atoms with Gasteiger partial charge in [-0.1, -0.05) is 81.4 Å². The highest BCUT2D eigenvalue weighted by molar-refractivity contribution is 6.99. The van der Waals surface area contributed by atoms with Gasteiger partial charge in [-0.25, -0.2) is 0 Å². The van der Waals surface area contributed by atoms with Gasteiger partial charge in [0, 0.05) is 12.8 Å². The normalized spacial score (nSPS) is 25.4. The van der Waals surface area contributed by atoms with Crippen LogP contribution in [-0.4, -0.2) is 51.4 Å². The highest BCUT2D eigenvalue weighted by Crippen LogP contribution is 2.37. The van der Waals surface area contributed by atoms with Crippen molar-refractivity contribution in [3.8, 4) is 0 Å². The average Bonchev–Trinajstić information content (AvgIpc) is 3.14. The third-order valence-corrected chi connectivity index (χ3v) is 11.9. The second kappa shape index (κ2) is 10.0. The average molecular weight is 483 g/mol. The Hall–Kier alpha value is -1.83. The lowest BCUT2D eigenvalue weighted by molar-refractivity contribution is -0.157. The van der Waals surface area contributed by atoms with Gasteiger partial charge in [0.15, 0.2) is 11.6 Å². The monoisotopic (exact) mass is 482 g/mol. The van der Waals surface area contributed by atoms with Gasteiger partial charge < -0.3 is 18.6 Å². The first-order valence-corrected chi connectivity index (χ1v) is 14.3. The van der Waals surface area contributed by atoms with Crippen molar-refractivity contribution in [1.82, 2.24) is 0 Å². The highest BCUT2D eigenvalue weighted by Gasteiger charge is 2.51. The maximum absolute atomic E-state index is 12.9. The number of ketones is 1. The molecule has 5 nitrogen and oxygen atoms in total. The molecular weight excluding hydrogens is 444 g/mol. The fourth-order valence-electron chi connectivity index (χ4n) is 5.28. The third kappa shape index (κ3) is 5.36. The predicted molar refractivity (Wildman–Crippen MR) is 136 cm³/mol. The lowest BCUT2D eigenvalue weighted by atomic mass is 9.99. The zero-order valence-corrected chi connectivity index (χ0v) is 22.1. The Morgan fingerprint density at radius 2 is 1.56 bits per heavy atom. The molecule has 184 valence electrons.